The molecule has 2 aromatic rings. The molecule has 144 valence electrons. The maximum absolute atomic E-state index is 13.7. The standard InChI is InChI=1S/C20H24F2N4O/c1-20(7-9-23-10-8-20)12-24-19(27)18-14-3-2-4-17(14)26(25-18)13-5-6-15(21)16(22)11-13/h5-6,11,23H,2-4,7-10,12H2,1H3,(H,24,27). The quantitative estimate of drug-likeness (QED) is 0.865. The number of halogens is 2. The summed E-state index contributed by atoms with van der Waals surface area (Å²) in [5, 5.41) is 10.8. The van der Waals surface area contributed by atoms with Gasteiger partial charge in [-0.2, -0.15) is 5.10 Å². The number of hydrogen-bond acceptors (Lipinski definition) is 3. The fourth-order valence-corrected chi connectivity index (χ4v) is 4.03. The average Bonchev–Trinajstić information content (AvgIpc) is 3.25. The fraction of sp³-hybridized carbons (Fsp3) is 0.500. The molecule has 1 aromatic carbocycles. The van der Waals surface area contributed by atoms with Crippen molar-refractivity contribution in [2.24, 2.45) is 5.41 Å². The zero-order valence-corrected chi connectivity index (χ0v) is 15.4. The molecule has 1 aliphatic heterocycles. The highest BCUT2D eigenvalue weighted by Crippen LogP contribution is 2.29. The molecule has 1 aliphatic carbocycles. The predicted molar refractivity (Wildman–Crippen MR) is 98.0 cm³/mol. The summed E-state index contributed by atoms with van der Waals surface area (Å²) in [4.78, 5) is 12.8. The molecular weight excluding hydrogens is 350 g/mol. The predicted octanol–water partition coefficient (Wildman–Crippen LogP) is 2.76. The number of carbonyl (C=O) groups excluding carboxylic acids is 1. The Bertz CT molecular complexity index is 871. The molecule has 0 saturated carbocycles. The van der Waals surface area contributed by atoms with Crippen molar-refractivity contribution in [1.29, 1.82) is 0 Å². The van der Waals surface area contributed by atoms with E-state index in [-0.39, 0.29) is 11.3 Å². The SMILES string of the molecule is CC1(CNC(=O)c2nn(-c3ccc(F)c(F)c3)c3c2CCC3)CCNCC1. The van der Waals surface area contributed by atoms with Crippen LogP contribution in [0.3, 0.4) is 0 Å². The van der Waals surface area contributed by atoms with Gasteiger partial charge < -0.3 is 10.6 Å². The van der Waals surface area contributed by atoms with E-state index in [1.807, 2.05) is 0 Å². The van der Waals surface area contributed by atoms with Crippen LogP contribution in [0.2, 0.25) is 0 Å². The van der Waals surface area contributed by atoms with Crippen LogP contribution in [0.25, 0.3) is 5.69 Å². The van der Waals surface area contributed by atoms with E-state index in [4.69, 9.17) is 0 Å². The minimum Gasteiger partial charge on any atom is -0.350 e. The van der Waals surface area contributed by atoms with Crippen molar-refractivity contribution in [3.8, 4) is 5.69 Å². The van der Waals surface area contributed by atoms with E-state index in [1.54, 1.807) is 4.68 Å². The van der Waals surface area contributed by atoms with Gasteiger partial charge in [-0.15, -0.1) is 0 Å². The summed E-state index contributed by atoms with van der Waals surface area (Å²) in [5.74, 6) is -2.00. The minimum absolute atomic E-state index is 0.0900. The lowest BCUT2D eigenvalue weighted by molar-refractivity contribution is 0.0916. The van der Waals surface area contributed by atoms with Gasteiger partial charge >= 0.3 is 0 Å². The second-order valence-electron chi connectivity index (χ2n) is 7.88. The van der Waals surface area contributed by atoms with Gasteiger partial charge in [-0.25, -0.2) is 13.5 Å². The maximum atomic E-state index is 13.7. The molecule has 0 bridgehead atoms. The fourth-order valence-electron chi connectivity index (χ4n) is 4.03. The van der Waals surface area contributed by atoms with Crippen molar-refractivity contribution in [1.82, 2.24) is 20.4 Å². The van der Waals surface area contributed by atoms with Gasteiger partial charge in [-0.05, 0) is 62.7 Å². The van der Waals surface area contributed by atoms with Crippen LogP contribution in [0.1, 0.15) is 47.9 Å². The lowest BCUT2D eigenvalue weighted by atomic mass is 9.81. The molecular formula is C20H24F2N4O. The molecule has 1 aromatic heterocycles. The van der Waals surface area contributed by atoms with Gasteiger partial charge in [0.25, 0.3) is 5.91 Å². The Kier molecular flexibility index (Phi) is 4.72. The van der Waals surface area contributed by atoms with E-state index < -0.39 is 11.6 Å². The van der Waals surface area contributed by atoms with Gasteiger partial charge in [0.1, 0.15) is 0 Å². The first kappa shape index (κ1) is 18.1. The number of nitrogens with one attached hydrogen (secondary N) is 2. The lowest BCUT2D eigenvalue weighted by Crippen LogP contribution is -2.43. The third kappa shape index (κ3) is 3.48. The van der Waals surface area contributed by atoms with Crippen LogP contribution >= 0.6 is 0 Å². The van der Waals surface area contributed by atoms with Gasteiger partial charge in [0.05, 0.1) is 5.69 Å². The van der Waals surface area contributed by atoms with Gasteiger partial charge in [-0.3, -0.25) is 4.79 Å². The molecule has 7 heteroatoms. The van der Waals surface area contributed by atoms with Crippen molar-refractivity contribution in [2.75, 3.05) is 19.6 Å². The monoisotopic (exact) mass is 374 g/mol. The van der Waals surface area contributed by atoms with Gasteiger partial charge in [-0.1, -0.05) is 6.92 Å². The molecule has 2 aliphatic rings. The number of rotatable bonds is 4. The normalized spacial score (nSPS) is 18.3. The Labute approximate surface area is 157 Å². The number of amides is 1. The van der Waals surface area contributed by atoms with Crippen LogP contribution in [0.5, 0.6) is 0 Å². The van der Waals surface area contributed by atoms with E-state index in [1.165, 1.54) is 6.07 Å². The molecule has 5 nitrogen and oxygen atoms in total. The van der Waals surface area contributed by atoms with Crippen molar-refractivity contribution in [2.45, 2.75) is 39.0 Å². The summed E-state index contributed by atoms with van der Waals surface area (Å²) in [5.41, 5.74) is 2.78. The van der Waals surface area contributed by atoms with E-state index in [9.17, 15) is 13.6 Å². The summed E-state index contributed by atoms with van der Waals surface area (Å²) >= 11 is 0. The molecule has 4 rings (SSSR count). The van der Waals surface area contributed by atoms with Crippen LogP contribution in [-0.4, -0.2) is 35.3 Å². The Morgan fingerprint density at radius 3 is 2.78 bits per heavy atom. The molecule has 1 fully saturated rings. The van der Waals surface area contributed by atoms with Crippen LogP contribution in [-0.2, 0) is 12.8 Å². The second-order valence-corrected chi connectivity index (χ2v) is 7.88. The highest BCUT2D eigenvalue weighted by molar-refractivity contribution is 5.94. The Balaban J connectivity index is 1.58. The first-order valence-corrected chi connectivity index (χ1v) is 9.52. The van der Waals surface area contributed by atoms with Crippen LogP contribution in [0.4, 0.5) is 8.78 Å². The van der Waals surface area contributed by atoms with Gasteiger partial charge in [0.15, 0.2) is 17.3 Å². The molecule has 27 heavy (non-hydrogen) atoms. The van der Waals surface area contributed by atoms with Crippen molar-refractivity contribution in [3.63, 3.8) is 0 Å². The number of fused-ring (bicyclic) bond motifs is 1. The van der Waals surface area contributed by atoms with Crippen LogP contribution in [0, 0.1) is 17.0 Å². The summed E-state index contributed by atoms with van der Waals surface area (Å²) in [7, 11) is 0. The zero-order chi connectivity index (χ0) is 19.0. The lowest BCUT2D eigenvalue weighted by Gasteiger charge is -2.34. The molecule has 1 amide bonds. The number of hydrogen-bond donors (Lipinski definition) is 2. The van der Waals surface area contributed by atoms with Gasteiger partial charge in [0.2, 0.25) is 0 Å². The third-order valence-electron chi connectivity index (χ3n) is 5.78. The van der Waals surface area contributed by atoms with Crippen molar-refractivity contribution < 1.29 is 13.6 Å². The Hall–Kier alpha value is -2.28. The van der Waals surface area contributed by atoms with E-state index >= 15 is 0 Å². The largest absolute Gasteiger partial charge is 0.350 e. The second kappa shape index (κ2) is 7.03. The van der Waals surface area contributed by atoms with E-state index in [0.29, 0.717) is 17.9 Å². The molecule has 0 unspecified atom stereocenters. The Morgan fingerprint density at radius 2 is 2.04 bits per heavy atom. The van der Waals surface area contributed by atoms with Crippen LogP contribution in [0.15, 0.2) is 18.2 Å². The van der Waals surface area contributed by atoms with E-state index in [2.05, 4.69) is 22.7 Å². The number of nitrogens with zero attached hydrogens (tertiary/aromatic N) is 2. The summed E-state index contributed by atoms with van der Waals surface area (Å²) in [6, 6.07) is 3.70. The maximum Gasteiger partial charge on any atom is 0.272 e. The average molecular weight is 374 g/mol. The minimum atomic E-state index is -0.917. The number of benzene rings is 1. The molecule has 2 N–H and O–H groups in total. The summed E-state index contributed by atoms with van der Waals surface area (Å²) in [6.07, 6.45) is 4.53. The molecule has 2 heterocycles. The molecule has 0 atom stereocenters. The smallest absolute Gasteiger partial charge is 0.272 e. The van der Waals surface area contributed by atoms with Crippen molar-refractivity contribution >= 4 is 5.91 Å². The zero-order valence-electron chi connectivity index (χ0n) is 15.4. The summed E-state index contributed by atoms with van der Waals surface area (Å²) in [6.45, 7) is 4.73. The summed E-state index contributed by atoms with van der Waals surface area (Å²) < 4.78 is 28.5. The number of piperidine rings is 1. The highest BCUT2D eigenvalue weighted by Gasteiger charge is 2.30. The topological polar surface area (TPSA) is 59.0 Å². The molecule has 1 saturated heterocycles. The third-order valence-corrected chi connectivity index (χ3v) is 5.78. The van der Waals surface area contributed by atoms with E-state index in [0.717, 1.165) is 68.6 Å². The first-order chi connectivity index (χ1) is 13.0. The number of carbonyl (C=O) groups is 1. The van der Waals surface area contributed by atoms with Gasteiger partial charge in [0, 0.05) is 23.9 Å². The molecule has 0 radical (unpaired) electrons. The van der Waals surface area contributed by atoms with Crippen LogP contribution < -0.4 is 10.6 Å². The Morgan fingerprint density at radius 1 is 1.26 bits per heavy atom. The molecule has 0 spiro atoms. The van der Waals surface area contributed by atoms with Crippen molar-refractivity contribution in [3.05, 3.63) is 46.8 Å². The first-order valence-electron chi connectivity index (χ1n) is 9.52. The highest BCUT2D eigenvalue weighted by atomic mass is 19.2. The number of aromatic nitrogens is 2.